The second kappa shape index (κ2) is 5.30. The van der Waals surface area contributed by atoms with Crippen LogP contribution < -0.4 is 0 Å². The Balaban J connectivity index is 2.39. The molecule has 90 valence electrons. The fourth-order valence-corrected chi connectivity index (χ4v) is 2.59. The minimum absolute atomic E-state index is 0.254. The van der Waals surface area contributed by atoms with Gasteiger partial charge in [0.2, 0.25) is 0 Å². The molecule has 0 spiro atoms. The minimum atomic E-state index is -0.876. The van der Waals surface area contributed by atoms with Gasteiger partial charge >= 0.3 is 0 Å². The molecule has 1 aromatic carbocycles. The quantitative estimate of drug-likeness (QED) is 0.805. The summed E-state index contributed by atoms with van der Waals surface area (Å²) in [6.45, 7) is 1.82. The van der Waals surface area contributed by atoms with E-state index in [0.717, 1.165) is 5.01 Å². The number of Topliss-reactive ketones (excluding diaryl/α,β-unsaturated/α-hetero) is 1. The monoisotopic (exact) mass is 276 g/mol. The minimum Gasteiger partial charge on any atom is -0.291 e. The number of nitriles is 1. The number of carbonyl (C=O) groups is 1. The first-order valence-electron chi connectivity index (χ1n) is 5.24. The molecule has 0 aliphatic rings. The van der Waals surface area contributed by atoms with E-state index in [-0.39, 0.29) is 5.78 Å². The van der Waals surface area contributed by atoms with Crippen LogP contribution in [0.4, 0.5) is 0 Å². The van der Waals surface area contributed by atoms with Gasteiger partial charge in [0.05, 0.1) is 16.0 Å². The van der Waals surface area contributed by atoms with Crippen LogP contribution in [0, 0.1) is 18.3 Å². The molecular weight excluding hydrogens is 268 g/mol. The van der Waals surface area contributed by atoms with Crippen LogP contribution in [0.5, 0.6) is 0 Å². The molecule has 5 heteroatoms. The Morgan fingerprint density at radius 3 is 2.78 bits per heavy atom. The lowest BCUT2D eigenvalue weighted by atomic mass is 9.95. The van der Waals surface area contributed by atoms with Crippen molar-refractivity contribution in [2.24, 2.45) is 0 Å². The van der Waals surface area contributed by atoms with E-state index < -0.39 is 5.92 Å². The van der Waals surface area contributed by atoms with Gasteiger partial charge in [-0.2, -0.15) is 5.26 Å². The number of halogens is 1. The first-order chi connectivity index (χ1) is 8.63. The molecule has 2 rings (SSSR count). The summed E-state index contributed by atoms with van der Waals surface area (Å²) in [6, 6.07) is 8.91. The van der Waals surface area contributed by atoms with E-state index in [0.29, 0.717) is 15.5 Å². The molecule has 0 saturated carbocycles. The number of nitrogens with zero attached hydrogens (tertiary/aromatic N) is 2. The summed E-state index contributed by atoms with van der Waals surface area (Å²) < 4.78 is 0. The molecule has 0 amide bonds. The van der Waals surface area contributed by atoms with Crippen molar-refractivity contribution < 1.29 is 4.79 Å². The lowest BCUT2D eigenvalue weighted by molar-refractivity contribution is 0.0982. The molecule has 1 atom stereocenters. The second-order valence-corrected chi connectivity index (χ2v) is 5.33. The zero-order chi connectivity index (χ0) is 13.1. The molecule has 3 nitrogen and oxygen atoms in total. The molecule has 0 N–H and O–H groups in total. The van der Waals surface area contributed by atoms with Crippen molar-refractivity contribution in [2.75, 3.05) is 0 Å². The lowest BCUT2D eigenvalue weighted by Crippen LogP contribution is -2.10. The predicted molar refractivity (Wildman–Crippen MR) is 71.0 cm³/mol. The molecule has 0 fully saturated rings. The molecule has 0 aliphatic heterocycles. The topological polar surface area (TPSA) is 53.8 Å². The summed E-state index contributed by atoms with van der Waals surface area (Å²) in [5.74, 6) is -1.13. The highest BCUT2D eigenvalue weighted by molar-refractivity contribution is 7.13. The van der Waals surface area contributed by atoms with Gasteiger partial charge < -0.3 is 0 Å². The maximum absolute atomic E-state index is 12.2. The summed E-state index contributed by atoms with van der Waals surface area (Å²) >= 11 is 7.30. The Kier molecular flexibility index (Phi) is 3.75. The molecule has 1 heterocycles. The molecule has 2 aromatic rings. The van der Waals surface area contributed by atoms with Crippen molar-refractivity contribution in [2.45, 2.75) is 12.8 Å². The van der Waals surface area contributed by atoms with E-state index >= 15 is 0 Å². The number of benzene rings is 1. The van der Waals surface area contributed by atoms with E-state index in [1.807, 2.05) is 13.0 Å². The number of hydrogen-bond acceptors (Lipinski definition) is 4. The molecule has 1 unspecified atom stereocenters. The van der Waals surface area contributed by atoms with E-state index in [1.54, 1.807) is 24.3 Å². The number of hydrogen-bond donors (Lipinski definition) is 0. The predicted octanol–water partition coefficient (Wildman–Crippen LogP) is 3.60. The van der Waals surface area contributed by atoms with Gasteiger partial charge in [0.15, 0.2) is 5.78 Å². The van der Waals surface area contributed by atoms with Gasteiger partial charge in [-0.1, -0.05) is 29.8 Å². The van der Waals surface area contributed by atoms with Gasteiger partial charge in [0.25, 0.3) is 0 Å². The normalized spacial score (nSPS) is 11.8. The Bertz CT molecular complexity index is 630. The van der Waals surface area contributed by atoms with Gasteiger partial charge in [-0.3, -0.25) is 4.79 Å². The Hall–Kier alpha value is -1.70. The van der Waals surface area contributed by atoms with Crippen molar-refractivity contribution in [3.8, 4) is 6.07 Å². The summed E-state index contributed by atoms with van der Waals surface area (Å²) in [5, 5.41) is 10.4. The molecule has 0 bridgehead atoms. The standard InChI is InChI=1S/C13H9ClN2OS/c1-8-16-7-12(18-8)13(17)10(6-15)9-4-2-3-5-11(9)14/h2-5,7,10H,1H3. The maximum atomic E-state index is 12.2. The van der Waals surface area contributed by atoms with Crippen molar-refractivity contribution >= 4 is 28.7 Å². The zero-order valence-electron chi connectivity index (χ0n) is 9.55. The molecular formula is C13H9ClN2OS. The van der Waals surface area contributed by atoms with Crippen LogP contribution in [0.25, 0.3) is 0 Å². The molecule has 0 saturated heterocycles. The van der Waals surface area contributed by atoms with Crippen LogP contribution in [-0.2, 0) is 0 Å². The number of carbonyl (C=O) groups excluding carboxylic acids is 1. The summed E-state index contributed by atoms with van der Waals surface area (Å²) in [7, 11) is 0. The highest BCUT2D eigenvalue weighted by atomic mass is 35.5. The van der Waals surface area contributed by atoms with Crippen molar-refractivity contribution in [1.29, 1.82) is 5.26 Å². The smallest absolute Gasteiger partial charge is 0.196 e. The fraction of sp³-hybridized carbons (Fsp3) is 0.154. The maximum Gasteiger partial charge on any atom is 0.196 e. The van der Waals surface area contributed by atoms with Crippen molar-refractivity contribution in [1.82, 2.24) is 4.98 Å². The van der Waals surface area contributed by atoms with E-state index in [4.69, 9.17) is 11.6 Å². The summed E-state index contributed by atoms with van der Waals surface area (Å²) in [6.07, 6.45) is 1.50. The molecule has 1 aromatic heterocycles. The Morgan fingerprint density at radius 1 is 1.50 bits per heavy atom. The van der Waals surface area contributed by atoms with Crippen molar-refractivity contribution in [3.05, 3.63) is 50.9 Å². The van der Waals surface area contributed by atoms with Crippen LogP contribution in [0.15, 0.2) is 30.5 Å². The first kappa shape index (κ1) is 12.7. The second-order valence-electron chi connectivity index (χ2n) is 3.69. The number of aryl methyl sites for hydroxylation is 1. The highest BCUT2D eigenvalue weighted by Crippen LogP contribution is 2.28. The Morgan fingerprint density at radius 2 is 2.22 bits per heavy atom. The van der Waals surface area contributed by atoms with E-state index in [1.165, 1.54) is 17.5 Å². The fourth-order valence-electron chi connectivity index (χ4n) is 1.60. The van der Waals surface area contributed by atoms with E-state index in [9.17, 15) is 10.1 Å². The first-order valence-corrected chi connectivity index (χ1v) is 6.43. The largest absolute Gasteiger partial charge is 0.291 e. The third kappa shape index (κ3) is 2.42. The number of rotatable bonds is 3. The average molecular weight is 277 g/mol. The van der Waals surface area contributed by atoms with Crippen molar-refractivity contribution in [3.63, 3.8) is 0 Å². The Labute approximate surface area is 114 Å². The average Bonchev–Trinajstić information content (AvgIpc) is 2.79. The van der Waals surface area contributed by atoms with Crippen LogP contribution in [0.2, 0.25) is 5.02 Å². The van der Waals surface area contributed by atoms with Crippen LogP contribution in [0.3, 0.4) is 0 Å². The van der Waals surface area contributed by atoms with E-state index in [2.05, 4.69) is 4.98 Å². The highest BCUT2D eigenvalue weighted by Gasteiger charge is 2.25. The van der Waals surface area contributed by atoms with Gasteiger partial charge in [0, 0.05) is 11.2 Å². The number of aromatic nitrogens is 1. The molecule has 18 heavy (non-hydrogen) atoms. The third-order valence-electron chi connectivity index (χ3n) is 2.47. The molecule has 0 aliphatic carbocycles. The number of ketones is 1. The van der Waals surface area contributed by atoms with Gasteiger partial charge in [-0.05, 0) is 18.6 Å². The van der Waals surface area contributed by atoms with Gasteiger partial charge in [-0.25, -0.2) is 4.98 Å². The lowest BCUT2D eigenvalue weighted by Gasteiger charge is -2.08. The van der Waals surface area contributed by atoms with Crippen LogP contribution in [0.1, 0.15) is 26.2 Å². The van der Waals surface area contributed by atoms with Gasteiger partial charge in [0.1, 0.15) is 5.92 Å². The van der Waals surface area contributed by atoms with Crippen LogP contribution >= 0.6 is 22.9 Å². The third-order valence-corrected chi connectivity index (χ3v) is 3.74. The SMILES string of the molecule is Cc1ncc(C(=O)C(C#N)c2ccccc2Cl)s1. The number of thiazole rings is 1. The van der Waals surface area contributed by atoms with Gasteiger partial charge in [-0.15, -0.1) is 11.3 Å². The summed E-state index contributed by atoms with van der Waals surface area (Å²) in [4.78, 5) is 16.7. The molecule has 0 radical (unpaired) electrons. The van der Waals surface area contributed by atoms with Crippen LogP contribution in [-0.4, -0.2) is 10.8 Å². The zero-order valence-corrected chi connectivity index (χ0v) is 11.1. The summed E-state index contributed by atoms with van der Waals surface area (Å²) in [5.41, 5.74) is 0.540.